The van der Waals surface area contributed by atoms with Crippen LogP contribution in [0.4, 0.5) is 17.1 Å². The van der Waals surface area contributed by atoms with E-state index in [9.17, 15) is 0 Å². The highest BCUT2D eigenvalue weighted by atomic mass is 16.5. The predicted octanol–water partition coefficient (Wildman–Crippen LogP) is 16.7. The summed E-state index contributed by atoms with van der Waals surface area (Å²) in [7, 11) is 0. The average molecular weight is 926 g/mol. The summed E-state index contributed by atoms with van der Waals surface area (Å²) >= 11 is 0. The molecule has 0 saturated carbocycles. The Morgan fingerprint density at radius 1 is 0.403 bits per heavy atom. The fraction of sp³-hybridized carbons (Fsp3) is 0.130. The Labute approximate surface area is 424 Å². The molecule has 0 unspecified atom stereocenters. The Morgan fingerprint density at radius 3 is 1.69 bits per heavy atom. The number of hydrogen-bond donors (Lipinski definition) is 0. The van der Waals surface area contributed by atoms with Gasteiger partial charge in [-0.05, 0) is 138 Å². The third-order valence-corrected chi connectivity index (χ3v) is 16.1. The molecule has 72 heavy (non-hydrogen) atoms. The van der Waals surface area contributed by atoms with Crippen LogP contribution in [0.15, 0.2) is 194 Å². The Morgan fingerprint density at radius 2 is 0.972 bits per heavy atom. The van der Waals surface area contributed by atoms with E-state index in [0.717, 1.165) is 45.1 Å². The van der Waals surface area contributed by atoms with Crippen molar-refractivity contribution >= 4 is 72.5 Å². The summed E-state index contributed by atoms with van der Waals surface area (Å²) in [6, 6.07) is 72.5. The first kappa shape index (κ1) is 43.9. The van der Waals surface area contributed by atoms with Gasteiger partial charge >= 0.3 is 0 Å². The summed E-state index contributed by atoms with van der Waals surface area (Å²) in [4.78, 5) is 2.48. The van der Waals surface area contributed by atoms with Gasteiger partial charge in [0.05, 0.1) is 11.4 Å². The monoisotopic (exact) mass is 925 g/mol. The van der Waals surface area contributed by atoms with Gasteiger partial charge in [-0.2, -0.15) is 0 Å². The summed E-state index contributed by atoms with van der Waals surface area (Å²) in [5.41, 5.74) is 25.0. The third kappa shape index (κ3) is 6.63. The topological polar surface area (TPSA) is 12.5 Å². The number of para-hydroxylation sites is 1. The number of aryl methyl sites for hydroxylation is 6. The smallest absolute Gasteiger partial charge is 0.243 e. The molecule has 2 aliphatic rings. The minimum absolute atomic E-state index is 0.0299. The fourth-order valence-corrected chi connectivity index (χ4v) is 13.4. The molecule has 2 nitrogen and oxygen atoms in total. The largest absolute Gasteiger partial charge is 0.456 e. The quantitative estimate of drug-likeness (QED) is 0.117. The van der Waals surface area contributed by atoms with E-state index >= 15 is 0 Å². The van der Waals surface area contributed by atoms with Crippen LogP contribution in [0, 0.1) is 41.5 Å². The van der Waals surface area contributed by atoms with Crippen LogP contribution in [0.25, 0.3) is 65.7 Å². The van der Waals surface area contributed by atoms with Gasteiger partial charge in [-0.3, -0.25) is 0 Å². The molecular weight excluding hydrogens is 870 g/mol. The van der Waals surface area contributed by atoms with Crippen LogP contribution < -0.4 is 26.0 Å². The number of fused-ring (bicyclic) bond motifs is 9. The minimum atomic E-state index is -0.235. The Hall–Kier alpha value is -8.14. The molecule has 13 rings (SSSR count). The summed E-state index contributed by atoms with van der Waals surface area (Å²) in [5.74, 6) is 1.73. The summed E-state index contributed by atoms with van der Waals surface area (Å²) in [6.07, 6.45) is 0. The van der Waals surface area contributed by atoms with Crippen molar-refractivity contribution in [3.63, 3.8) is 0 Å². The van der Waals surface area contributed by atoms with Gasteiger partial charge in [-0.15, -0.1) is 0 Å². The van der Waals surface area contributed by atoms with Crippen molar-refractivity contribution in [3.05, 3.63) is 239 Å². The molecular formula is C69H56BNO. The van der Waals surface area contributed by atoms with Crippen LogP contribution in [0.1, 0.15) is 58.4 Å². The number of rotatable bonds is 7. The first-order valence-corrected chi connectivity index (χ1v) is 25.5. The highest BCUT2D eigenvalue weighted by molar-refractivity contribution is 6.98. The first-order valence-electron chi connectivity index (χ1n) is 25.5. The van der Waals surface area contributed by atoms with Crippen LogP contribution in [0.5, 0.6) is 11.5 Å². The molecule has 0 atom stereocenters. The number of hydrogen-bond acceptors (Lipinski definition) is 2. The maximum Gasteiger partial charge on any atom is 0.243 e. The standard InChI is InChI=1S/C69H56BNO/c1-41-34-43(3)67(44(4)35-41)70(68-45(5)36-42(2)37-46(68)6)60-40-57-54-26-19-31-63-65(54)58(39-56(57)50-23-12-13-25-52(50)60)53-33-32-48(38-64(53)72-63)71(61-29-17-15-22-49(61)47-20-10-9-11-21-47)62-30-18-27-55-51-24-14-16-28-59(51)69(7,8)66(55)62/h9-40H,1-8H3. The zero-order valence-electron chi connectivity index (χ0n) is 42.4. The molecule has 346 valence electrons. The van der Waals surface area contributed by atoms with Gasteiger partial charge < -0.3 is 9.64 Å². The van der Waals surface area contributed by atoms with Crippen molar-refractivity contribution in [3.8, 4) is 44.9 Å². The van der Waals surface area contributed by atoms with E-state index in [1.54, 1.807) is 0 Å². The van der Waals surface area contributed by atoms with E-state index < -0.39 is 0 Å². The van der Waals surface area contributed by atoms with Crippen LogP contribution >= 0.6 is 0 Å². The number of anilines is 3. The van der Waals surface area contributed by atoms with E-state index in [1.807, 2.05) is 0 Å². The van der Waals surface area contributed by atoms with E-state index in [4.69, 9.17) is 4.74 Å². The lowest BCUT2D eigenvalue weighted by Crippen LogP contribution is -2.56. The van der Waals surface area contributed by atoms with Crippen molar-refractivity contribution in [1.82, 2.24) is 0 Å². The van der Waals surface area contributed by atoms with Crippen LogP contribution in [0.2, 0.25) is 0 Å². The first-order chi connectivity index (χ1) is 35.0. The third-order valence-electron chi connectivity index (χ3n) is 16.1. The molecule has 0 N–H and O–H groups in total. The molecule has 0 saturated heterocycles. The predicted molar refractivity (Wildman–Crippen MR) is 308 cm³/mol. The molecule has 0 bridgehead atoms. The Kier molecular flexibility index (Phi) is 10.0. The van der Waals surface area contributed by atoms with Crippen LogP contribution in [-0.4, -0.2) is 6.71 Å². The lowest BCUT2D eigenvalue weighted by atomic mass is 9.33. The number of benzene rings is 11. The minimum Gasteiger partial charge on any atom is -0.456 e. The SMILES string of the molecule is Cc1cc(C)c(B(c2c(C)cc(C)cc2C)c2cc3c4cccc5c4c(cc3c3ccccc23)-c2ccc(N(c3ccccc3-c3ccccc3)c3cccc4c3C(C)(C)c3ccccc3-4)cc2O5)c(C)c1. The highest BCUT2D eigenvalue weighted by Gasteiger charge is 2.39. The molecule has 11 aromatic carbocycles. The second-order valence-electron chi connectivity index (χ2n) is 21.1. The second kappa shape index (κ2) is 16.5. The van der Waals surface area contributed by atoms with E-state index in [1.165, 1.54) is 110 Å². The van der Waals surface area contributed by atoms with Crippen molar-refractivity contribution in [2.45, 2.75) is 60.8 Å². The molecule has 1 heterocycles. The van der Waals surface area contributed by atoms with Crippen molar-refractivity contribution in [2.24, 2.45) is 0 Å². The van der Waals surface area contributed by atoms with Crippen molar-refractivity contribution in [2.75, 3.05) is 4.90 Å². The van der Waals surface area contributed by atoms with Crippen molar-refractivity contribution in [1.29, 1.82) is 0 Å². The zero-order chi connectivity index (χ0) is 49.2. The molecule has 1 aliphatic heterocycles. The summed E-state index contributed by atoms with van der Waals surface area (Å²) < 4.78 is 7.22. The lowest BCUT2D eigenvalue weighted by molar-refractivity contribution is 0.487. The van der Waals surface area contributed by atoms with Crippen molar-refractivity contribution < 1.29 is 4.74 Å². The molecule has 11 aromatic rings. The summed E-state index contributed by atoms with van der Waals surface area (Å²) in [6.45, 7) is 18.4. The molecule has 3 heteroatoms. The van der Waals surface area contributed by atoms with Gasteiger partial charge in [0.25, 0.3) is 0 Å². The Bertz CT molecular complexity index is 3970. The van der Waals surface area contributed by atoms with Crippen LogP contribution in [-0.2, 0) is 5.41 Å². The fourth-order valence-electron chi connectivity index (χ4n) is 13.4. The molecule has 0 radical (unpaired) electrons. The van der Waals surface area contributed by atoms with E-state index in [2.05, 4.69) is 254 Å². The maximum atomic E-state index is 7.22. The van der Waals surface area contributed by atoms with Gasteiger partial charge in [-0.25, -0.2) is 0 Å². The normalized spacial score (nSPS) is 12.9. The molecule has 0 fully saturated rings. The highest BCUT2D eigenvalue weighted by Crippen LogP contribution is 2.56. The second-order valence-corrected chi connectivity index (χ2v) is 21.1. The van der Waals surface area contributed by atoms with Gasteiger partial charge in [0.15, 0.2) is 0 Å². The van der Waals surface area contributed by atoms with E-state index in [-0.39, 0.29) is 12.1 Å². The lowest BCUT2D eigenvalue weighted by Gasteiger charge is -2.34. The van der Waals surface area contributed by atoms with Gasteiger partial charge in [0.1, 0.15) is 11.5 Å². The zero-order valence-corrected chi connectivity index (χ0v) is 42.4. The molecule has 0 aromatic heterocycles. The molecule has 0 spiro atoms. The number of nitrogens with zero attached hydrogens (tertiary/aromatic N) is 1. The van der Waals surface area contributed by atoms with Gasteiger partial charge in [0, 0.05) is 33.7 Å². The van der Waals surface area contributed by atoms with Gasteiger partial charge in [-0.1, -0.05) is 215 Å². The molecule has 1 aliphatic carbocycles. The van der Waals surface area contributed by atoms with Gasteiger partial charge in [0.2, 0.25) is 6.71 Å². The Balaban J connectivity index is 1.04. The maximum absolute atomic E-state index is 7.22. The molecule has 0 amide bonds. The average Bonchev–Trinajstić information content (AvgIpc) is 3.62. The van der Waals surface area contributed by atoms with E-state index in [0.29, 0.717) is 0 Å². The number of ether oxygens (including phenoxy) is 1. The van der Waals surface area contributed by atoms with Crippen LogP contribution in [0.3, 0.4) is 0 Å². The summed E-state index contributed by atoms with van der Waals surface area (Å²) in [5, 5.41) is 7.40.